The number of furan rings is 1. The maximum atomic E-state index is 6.23. The largest absolute Gasteiger partial charge is 0.456 e. The summed E-state index contributed by atoms with van der Waals surface area (Å²) >= 11 is 0. The second-order valence-corrected chi connectivity index (χ2v) is 18.8. The van der Waals surface area contributed by atoms with E-state index in [9.17, 15) is 0 Å². The molecule has 0 bridgehead atoms. The lowest BCUT2D eigenvalue weighted by molar-refractivity contribution is 0.669. The molecule has 0 unspecified atom stereocenters. The molecule has 11 aromatic carbocycles. The number of benzene rings is 11. The lowest BCUT2D eigenvalue weighted by Crippen LogP contribution is -2.33. The van der Waals surface area contributed by atoms with Gasteiger partial charge >= 0.3 is 0 Å². The van der Waals surface area contributed by atoms with Crippen LogP contribution in [0, 0.1) is 0 Å². The van der Waals surface area contributed by atoms with Crippen molar-refractivity contribution in [2.45, 2.75) is 5.41 Å². The Morgan fingerprint density at radius 2 is 0.900 bits per heavy atom. The van der Waals surface area contributed by atoms with Crippen LogP contribution in [0.2, 0.25) is 0 Å². The molecule has 0 amide bonds. The average Bonchev–Trinajstić information content (AvgIpc) is 4.08. The molecule has 0 radical (unpaired) electrons. The van der Waals surface area contributed by atoms with Gasteiger partial charge in [-0.2, -0.15) is 0 Å². The normalized spacial score (nSPS) is 13.0. The van der Waals surface area contributed by atoms with Gasteiger partial charge in [-0.05, 0) is 128 Å². The van der Waals surface area contributed by atoms with E-state index in [4.69, 9.17) is 4.42 Å². The van der Waals surface area contributed by atoms with Gasteiger partial charge in [-0.3, -0.25) is 0 Å². The van der Waals surface area contributed by atoms with Crippen molar-refractivity contribution < 1.29 is 4.42 Å². The quantitative estimate of drug-likeness (QED) is 0.166. The van der Waals surface area contributed by atoms with Gasteiger partial charge < -0.3 is 13.9 Å². The zero-order chi connectivity index (χ0) is 45.9. The highest BCUT2D eigenvalue weighted by atomic mass is 16.3. The van der Waals surface area contributed by atoms with Crippen molar-refractivity contribution in [1.82, 2.24) is 4.57 Å². The summed E-state index contributed by atoms with van der Waals surface area (Å²) in [5, 5.41) is 4.79. The minimum atomic E-state index is -0.586. The molecule has 3 heteroatoms. The maximum Gasteiger partial charge on any atom is 0.135 e. The molecular formula is C67H42N2O. The topological polar surface area (TPSA) is 21.3 Å². The number of nitrogens with zero attached hydrogens (tertiary/aromatic N) is 2. The molecule has 3 nitrogen and oxygen atoms in total. The molecule has 0 saturated carbocycles. The first-order valence-electron chi connectivity index (χ1n) is 24.2. The molecule has 0 fully saturated rings. The summed E-state index contributed by atoms with van der Waals surface area (Å²) in [7, 11) is 0. The third-order valence-electron chi connectivity index (χ3n) is 15.2. The number of rotatable bonds is 6. The first-order chi connectivity index (χ1) is 34.7. The Labute approximate surface area is 405 Å². The van der Waals surface area contributed by atoms with E-state index in [-0.39, 0.29) is 0 Å². The summed E-state index contributed by atoms with van der Waals surface area (Å²) in [6, 6.07) is 93.8. The van der Waals surface area contributed by atoms with Crippen LogP contribution < -0.4 is 4.90 Å². The summed E-state index contributed by atoms with van der Waals surface area (Å²) in [5.41, 5.74) is 22.9. The van der Waals surface area contributed by atoms with Gasteiger partial charge in [0.05, 0.1) is 27.8 Å². The third kappa shape index (κ3) is 5.46. The molecule has 1 spiro atoms. The van der Waals surface area contributed by atoms with Crippen LogP contribution in [0.15, 0.2) is 259 Å². The van der Waals surface area contributed by atoms with Crippen LogP contribution in [0.25, 0.3) is 93.9 Å². The minimum Gasteiger partial charge on any atom is -0.456 e. The predicted molar refractivity (Wildman–Crippen MR) is 290 cm³/mol. The Morgan fingerprint density at radius 1 is 0.329 bits per heavy atom. The summed E-state index contributed by atoms with van der Waals surface area (Å²) in [4.78, 5) is 2.48. The fraction of sp³-hybridized carbons (Fsp3) is 0.0149. The highest BCUT2D eigenvalue weighted by Gasteiger charge is 2.51. The van der Waals surface area contributed by atoms with Crippen LogP contribution in [0.1, 0.15) is 22.3 Å². The van der Waals surface area contributed by atoms with Gasteiger partial charge in [0.25, 0.3) is 0 Å². The smallest absolute Gasteiger partial charge is 0.135 e. The van der Waals surface area contributed by atoms with Crippen molar-refractivity contribution in [3.8, 4) is 50.2 Å². The molecule has 326 valence electrons. The van der Waals surface area contributed by atoms with Crippen molar-refractivity contribution in [3.63, 3.8) is 0 Å². The predicted octanol–water partition coefficient (Wildman–Crippen LogP) is 17.8. The highest BCUT2D eigenvalue weighted by Crippen LogP contribution is 2.61. The van der Waals surface area contributed by atoms with Crippen LogP contribution >= 0.6 is 0 Å². The Balaban J connectivity index is 0.986. The number of fused-ring (bicyclic) bond motifs is 15. The molecule has 1 aliphatic heterocycles. The van der Waals surface area contributed by atoms with Gasteiger partial charge in [0, 0.05) is 38.5 Å². The molecule has 2 aliphatic rings. The van der Waals surface area contributed by atoms with E-state index in [2.05, 4.69) is 252 Å². The van der Waals surface area contributed by atoms with Crippen molar-refractivity contribution in [1.29, 1.82) is 0 Å². The zero-order valence-electron chi connectivity index (χ0n) is 38.1. The van der Waals surface area contributed by atoms with Crippen LogP contribution in [-0.2, 0) is 5.41 Å². The molecule has 13 aromatic rings. The summed E-state index contributed by atoms with van der Waals surface area (Å²) in [6.45, 7) is 0. The molecule has 15 rings (SSSR count). The van der Waals surface area contributed by atoms with Crippen molar-refractivity contribution >= 4 is 60.8 Å². The number of anilines is 3. The van der Waals surface area contributed by atoms with Crippen LogP contribution in [0.4, 0.5) is 17.1 Å². The molecular weight excluding hydrogens is 849 g/mol. The fourth-order valence-corrected chi connectivity index (χ4v) is 12.2. The van der Waals surface area contributed by atoms with Gasteiger partial charge in [-0.1, -0.05) is 188 Å². The van der Waals surface area contributed by atoms with Crippen molar-refractivity contribution in [2.24, 2.45) is 0 Å². The van der Waals surface area contributed by atoms with E-state index in [1.807, 2.05) is 12.1 Å². The monoisotopic (exact) mass is 890 g/mol. The van der Waals surface area contributed by atoms with Gasteiger partial charge in [0.15, 0.2) is 0 Å². The van der Waals surface area contributed by atoms with E-state index in [0.717, 1.165) is 61.3 Å². The standard InChI is InChI=1S/C67H42N2O/c1-2-16-43(17-3-1)45-18-14-19-47(40-45)50-20-6-11-29-61(50)68(48-35-32-44(33-36-48)46-34-39-65-56(41-46)54-24-8-13-31-64(54)70-65)49-37-38-63-60(42-49)67(57-26-9-4-21-51(57)52-22-5-10-27-58(52)67)59-28-15-25-55-53-23-7-12-30-62(53)69(63)66(55)59/h1-42H. The molecule has 0 atom stereocenters. The Hall–Kier alpha value is -9.18. The van der Waals surface area contributed by atoms with Crippen LogP contribution in [0.5, 0.6) is 0 Å². The minimum absolute atomic E-state index is 0.586. The zero-order valence-corrected chi connectivity index (χ0v) is 38.1. The van der Waals surface area contributed by atoms with Crippen molar-refractivity contribution in [2.75, 3.05) is 4.90 Å². The Kier molecular flexibility index (Phi) is 8.28. The van der Waals surface area contributed by atoms with E-state index in [1.54, 1.807) is 0 Å². The summed E-state index contributed by atoms with van der Waals surface area (Å²) < 4.78 is 8.77. The number of aromatic nitrogens is 1. The SMILES string of the molecule is c1ccc(-c2cccc(-c3ccccc3N(c3ccc(-c4ccc5oc6ccccc6c5c4)cc3)c3ccc4c(c3)C3(c5ccccc5-c5ccccc53)c3cccc5c6ccccc6n-4c35)c2)cc1. The molecule has 70 heavy (non-hydrogen) atoms. The average molecular weight is 891 g/mol. The van der Waals surface area contributed by atoms with Gasteiger partial charge in [-0.15, -0.1) is 0 Å². The first kappa shape index (κ1) is 38.9. The Bertz CT molecular complexity index is 4200. The fourth-order valence-electron chi connectivity index (χ4n) is 12.2. The molecule has 2 aromatic heterocycles. The van der Waals surface area contributed by atoms with Crippen LogP contribution in [0.3, 0.4) is 0 Å². The third-order valence-corrected chi connectivity index (χ3v) is 15.2. The summed E-state index contributed by atoms with van der Waals surface area (Å²) in [6.07, 6.45) is 0. The number of hydrogen-bond donors (Lipinski definition) is 0. The second-order valence-electron chi connectivity index (χ2n) is 18.8. The van der Waals surface area contributed by atoms with Crippen molar-refractivity contribution in [3.05, 3.63) is 277 Å². The molecule has 0 N–H and O–H groups in total. The lowest BCUT2D eigenvalue weighted by atomic mass is 9.65. The van der Waals surface area contributed by atoms with Gasteiger partial charge in [0.1, 0.15) is 11.2 Å². The maximum absolute atomic E-state index is 6.23. The van der Waals surface area contributed by atoms with Gasteiger partial charge in [0.2, 0.25) is 0 Å². The first-order valence-corrected chi connectivity index (χ1v) is 24.2. The van der Waals surface area contributed by atoms with E-state index in [1.165, 1.54) is 72.0 Å². The second kappa shape index (κ2) is 14.9. The lowest BCUT2D eigenvalue weighted by Gasteiger charge is -2.40. The summed E-state index contributed by atoms with van der Waals surface area (Å²) in [5.74, 6) is 0. The van der Waals surface area contributed by atoms with E-state index in [0.29, 0.717) is 0 Å². The molecule has 0 saturated heterocycles. The van der Waals surface area contributed by atoms with Crippen LogP contribution in [-0.4, -0.2) is 4.57 Å². The number of para-hydroxylation sites is 4. The van der Waals surface area contributed by atoms with Gasteiger partial charge in [-0.25, -0.2) is 0 Å². The number of hydrogen-bond acceptors (Lipinski definition) is 2. The Morgan fingerprint density at radius 3 is 1.73 bits per heavy atom. The van der Waals surface area contributed by atoms with E-state index >= 15 is 0 Å². The molecule has 1 aliphatic carbocycles. The van der Waals surface area contributed by atoms with E-state index < -0.39 is 5.41 Å². The molecule has 3 heterocycles. The highest BCUT2D eigenvalue weighted by molar-refractivity contribution is 6.13.